The Morgan fingerprint density at radius 3 is 2.53 bits per heavy atom. The van der Waals surface area contributed by atoms with Crippen molar-refractivity contribution in [3.05, 3.63) is 68.9 Å². The van der Waals surface area contributed by atoms with Crippen LogP contribution in [0.1, 0.15) is 81.1 Å². The monoisotopic (exact) mass is 675 g/mol. The zero-order chi connectivity index (χ0) is 33.1. The Balaban J connectivity index is 1.34. The number of aromatic nitrogens is 6. The Kier molecular flexibility index (Phi) is 8.77. The number of pyridine rings is 2. The normalized spacial score (nSPS) is 23.8. The van der Waals surface area contributed by atoms with E-state index < -0.39 is 8.07 Å². The van der Waals surface area contributed by atoms with Crippen molar-refractivity contribution in [1.82, 2.24) is 33.8 Å². The second kappa shape index (κ2) is 12.6. The summed E-state index contributed by atoms with van der Waals surface area (Å²) in [6.45, 7) is 15.6. The molecule has 2 saturated carbocycles. The molecule has 0 bridgehead atoms. The Bertz CT molecular complexity index is 1830. The lowest BCUT2D eigenvalue weighted by Crippen LogP contribution is -2.43. The van der Waals surface area contributed by atoms with E-state index in [2.05, 4.69) is 71.4 Å². The molecule has 0 N–H and O–H groups in total. The minimum Gasteiger partial charge on any atom is -0.361 e. The second-order valence-electron chi connectivity index (χ2n) is 16.1. The molecule has 0 aromatic carbocycles. The van der Waals surface area contributed by atoms with Crippen LogP contribution in [-0.4, -0.2) is 61.6 Å². The lowest BCUT2D eigenvalue weighted by molar-refractivity contribution is 0.0848. The zero-order valence-electron chi connectivity index (χ0n) is 28.9. The van der Waals surface area contributed by atoms with Crippen molar-refractivity contribution in [1.29, 1.82) is 0 Å². The topological polar surface area (TPSA) is 83.0 Å². The fraction of sp³-hybridized carbons (Fsp3) is 0.611. The maximum Gasteiger partial charge on any atom is 0.280 e. The molecule has 0 amide bonds. The minimum atomic E-state index is -1.27. The summed E-state index contributed by atoms with van der Waals surface area (Å²) in [4.78, 5) is 22.3. The van der Waals surface area contributed by atoms with Crippen molar-refractivity contribution in [3.63, 3.8) is 0 Å². The summed E-state index contributed by atoms with van der Waals surface area (Å²) in [5.74, 6) is 3.25. The molecule has 4 aromatic heterocycles. The number of hydrogen-bond donors (Lipinski definition) is 0. The highest BCUT2D eigenvalue weighted by molar-refractivity contribution is 6.76. The summed E-state index contributed by atoms with van der Waals surface area (Å²) in [6.07, 6.45) is 10.2. The van der Waals surface area contributed by atoms with Crippen LogP contribution >= 0.6 is 11.6 Å². The largest absolute Gasteiger partial charge is 0.361 e. The quantitative estimate of drug-likeness (QED) is 0.125. The van der Waals surface area contributed by atoms with Crippen LogP contribution in [0.4, 0.5) is 0 Å². The molecule has 7 rings (SSSR count). The number of piperidine rings is 1. The summed E-state index contributed by atoms with van der Waals surface area (Å²) in [6, 6.07) is 7.55. The summed E-state index contributed by atoms with van der Waals surface area (Å²) in [5.41, 5.74) is 3.50. The maximum absolute atomic E-state index is 14.7. The van der Waals surface area contributed by atoms with E-state index in [1.165, 1.54) is 12.8 Å². The van der Waals surface area contributed by atoms with Gasteiger partial charge in [0.05, 0.1) is 10.4 Å². The highest BCUT2D eigenvalue weighted by Gasteiger charge is 2.49. The average Bonchev–Trinajstić information content (AvgIpc) is 3.67. The number of nitrogens with zero attached hydrogens (tertiary/aromatic N) is 7. The summed E-state index contributed by atoms with van der Waals surface area (Å²) in [5, 5.41) is 10.2. The lowest BCUT2D eigenvalue weighted by Gasteiger charge is -2.46. The predicted octanol–water partition coefficient (Wildman–Crippen LogP) is 7.11. The molecule has 3 aliphatic rings. The van der Waals surface area contributed by atoms with Crippen LogP contribution in [0, 0.1) is 11.8 Å². The van der Waals surface area contributed by atoms with Crippen LogP contribution in [0.25, 0.3) is 16.7 Å². The van der Waals surface area contributed by atoms with Gasteiger partial charge < -0.3 is 13.9 Å². The van der Waals surface area contributed by atoms with Gasteiger partial charge in [0, 0.05) is 63.7 Å². The number of hydrogen-bond acceptors (Lipinski definition) is 6. The molecule has 1 atom stereocenters. The first-order chi connectivity index (χ1) is 22.4. The van der Waals surface area contributed by atoms with Crippen LogP contribution in [-0.2, 0) is 30.5 Å². The molecule has 1 saturated heterocycles. The number of rotatable bonds is 11. The van der Waals surface area contributed by atoms with Crippen molar-refractivity contribution in [2.45, 2.75) is 103 Å². The van der Waals surface area contributed by atoms with Crippen LogP contribution in [0.5, 0.6) is 0 Å². The third-order valence-corrected chi connectivity index (χ3v) is 12.6. The van der Waals surface area contributed by atoms with E-state index in [0.29, 0.717) is 47.4 Å². The molecule has 252 valence electrons. The van der Waals surface area contributed by atoms with E-state index in [-0.39, 0.29) is 11.0 Å². The van der Waals surface area contributed by atoms with E-state index >= 15 is 0 Å². The number of halogens is 1. The van der Waals surface area contributed by atoms with Crippen molar-refractivity contribution < 1.29 is 4.74 Å². The zero-order valence-corrected chi connectivity index (χ0v) is 30.7. The molecule has 3 fully saturated rings. The van der Waals surface area contributed by atoms with E-state index in [9.17, 15) is 4.79 Å². The highest BCUT2D eigenvalue weighted by Crippen LogP contribution is 2.52. The van der Waals surface area contributed by atoms with Crippen molar-refractivity contribution in [3.8, 4) is 5.82 Å². The van der Waals surface area contributed by atoms with Gasteiger partial charge in [-0.25, -0.2) is 4.98 Å². The fourth-order valence-electron chi connectivity index (χ4n) is 7.93. The summed E-state index contributed by atoms with van der Waals surface area (Å²) in [7, 11) is 0.751. The van der Waals surface area contributed by atoms with Gasteiger partial charge in [-0.05, 0) is 86.7 Å². The van der Waals surface area contributed by atoms with Crippen LogP contribution in [0.3, 0.4) is 0 Å². The van der Waals surface area contributed by atoms with Gasteiger partial charge in [0.15, 0.2) is 0 Å². The van der Waals surface area contributed by atoms with Crippen LogP contribution in [0.2, 0.25) is 30.7 Å². The first-order valence-electron chi connectivity index (χ1n) is 17.5. The molecular weight excluding hydrogens is 626 g/mol. The number of likely N-dealkylation sites (tertiary alicyclic amines) is 1. The van der Waals surface area contributed by atoms with Crippen LogP contribution in [0.15, 0.2) is 35.5 Å². The number of aryl methyl sites for hydroxylation is 1. The van der Waals surface area contributed by atoms with E-state index in [0.717, 1.165) is 79.5 Å². The third kappa shape index (κ3) is 6.50. The van der Waals surface area contributed by atoms with Gasteiger partial charge in [-0.2, -0.15) is 0 Å². The molecule has 0 unspecified atom stereocenters. The Morgan fingerprint density at radius 1 is 1.09 bits per heavy atom. The Labute approximate surface area is 284 Å². The van der Waals surface area contributed by atoms with E-state index in [4.69, 9.17) is 21.3 Å². The van der Waals surface area contributed by atoms with Gasteiger partial charge in [-0.1, -0.05) is 45.1 Å². The lowest BCUT2D eigenvalue weighted by atomic mass is 9.58. The Hall–Kier alpha value is -2.79. The van der Waals surface area contributed by atoms with Gasteiger partial charge in [0.1, 0.15) is 30.2 Å². The first kappa shape index (κ1) is 32.7. The summed E-state index contributed by atoms with van der Waals surface area (Å²) < 4.78 is 12.1. The molecule has 0 spiro atoms. The van der Waals surface area contributed by atoms with E-state index in [1.807, 2.05) is 11.6 Å². The van der Waals surface area contributed by atoms with Crippen molar-refractivity contribution in [2.24, 2.45) is 18.9 Å². The molecule has 1 aliphatic heterocycles. The summed E-state index contributed by atoms with van der Waals surface area (Å²) >= 11 is 7.09. The van der Waals surface area contributed by atoms with Crippen LogP contribution < -0.4 is 5.56 Å². The molecule has 11 heteroatoms. The molecule has 0 radical (unpaired) electrons. The third-order valence-electron chi connectivity index (χ3n) is 10.6. The molecule has 4 aromatic rings. The van der Waals surface area contributed by atoms with Gasteiger partial charge in [0.2, 0.25) is 0 Å². The maximum atomic E-state index is 14.7. The number of fused-ring (bicyclic) bond motifs is 1. The van der Waals surface area contributed by atoms with Crippen molar-refractivity contribution >= 4 is 30.6 Å². The van der Waals surface area contributed by atoms with Gasteiger partial charge in [-0.15, -0.1) is 10.2 Å². The highest BCUT2D eigenvalue weighted by atomic mass is 35.5. The van der Waals surface area contributed by atoms with Crippen molar-refractivity contribution in [2.75, 3.05) is 19.7 Å². The first-order valence-corrected chi connectivity index (χ1v) is 21.6. The SMILES string of the molecule is CC1CC(c2cc(C3CC3)nc(-n3cc(Cl)c4cc(CN5CCC[C@H](C)C5)n(COCC[Si](C)(C)C)c4c3=O)c2)(c2nncn2C)C1. The standard InChI is InChI=1S/C36H50ClN7O2Si/c1-24-8-7-11-42(19-24)20-28-16-29-30(37)21-43(34(45)33(29)44(28)23-46-12-13-47(4,5)6)32-15-27(14-31(39-32)26-9-10-26)36(17-25(2)18-36)35-40-38-22-41(35)3/h14-16,21-22,24-26H,7-13,17-20,23H2,1-6H3/t24-,25?,36?/m0/s1. The average molecular weight is 676 g/mol. The van der Waals surface area contributed by atoms with E-state index in [1.54, 1.807) is 17.1 Å². The minimum absolute atomic E-state index is 0.113. The molecular formula is C36H50ClN7O2Si. The molecule has 5 heterocycles. The predicted molar refractivity (Wildman–Crippen MR) is 190 cm³/mol. The Morgan fingerprint density at radius 2 is 1.87 bits per heavy atom. The van der Waals surface area contributed by atoms with Gasteiger partial charge >= 0.3 is 0 Å². The molecule has 2 aliphatic carbocycles. The fourth-order valence-corrected chi connectivity index (χ4v) is 8.93. The van der Waals surface area contributed by atoms with Gasteiger partial charge in [-0.3, -0.25) is 14.3 Å². The molecule has 9 nitrogen and oxygen atoms in total. The second-order valence-corrected chi connectivity index (χ2v) is 22.1. The number of ether oxygens (including phenoxy) is 1. The smallest absolute Gasteiger partial charge is 0.280 e. The molecule has 47 heavy (non-hydrogen) atoms. The van der Waals surface area contributed by atoms with Gasteiger partial charge in [0.25, 0.3) is 5.56 Å².